The SMILES string of the molecule is COC(=O)N/C(C(=O)OC)=C(\Br)[C@H](C)OC(C)=O. The zero-order valence-corrected chi connectivity index (χ0v) is 12.0. The predicted octanol–water partition coefficient (Wildman–Crippen LogP) is 1.07. The molecule has 1 amide bonds. The summed E-state index contributed by atoms with van der Waals surface area (Å²) in [6.45, 7) is 2.75. The van der Waals surface area contributed by atoms with Gasteiger partial charge in [-0.25, -0.2) is 9.59 Å². The van der Waals surface area contributed by atoms with Gasteiger partial charge < -0.3 is 14.2 Å². The zero-order chi connectivity index (χ0) is 14.3. The van der Waals surface area contributed by atoms with Crippen molar-refractivity contribution in [2.45, 2.75) is 20.0 Å². The van der Waals surface area contributed by atoms with Crippen LogP contribution in [0.5, 0.6) is 0 Å². The molecule has 0 spiro atoms. The maximum atomic E-state index is 11.5. The molecule has 0 aromatic rings. The van der Waals surface area contributed by atoms with Crippen LogP contribution in [-0.2, 0) is 23.8 Å². The Hall–Kier alpha value is -1.57. The van der Waals surface area contributed by atoms with E-state index in [2.05, 4.69) is 30.7 Å². The van der Waals surface area contributed by atoms with Gasteiger partial charge in [-0.3, -0.25) is 10.1 Å². The lowest BCUT2D eigenvalue weighted by Crippen LogP contribution is -2.31. The van der Waals surface area contributed by atoms with Crippen molar-refractivity contribution in [3.63, 3.8) is 0 Å². The Labute approximate surface area is 113 Å². The van der Waals surface area contributed by atoms with Crippen LogP contribution in [0.4, 0.5) is 4.79 Å². The van der Waals surface area contributed by atoms with Crippen molar-refractivity contribution in [1.82, 2.24) is 5.32 Å². The monoisotopic (exact) mass is 323 g/mol. The summed E-state index contributed by atoms with van der Waals surface area (Å²) in [4.78, 5) is 33.4. The fourth-order valence-corrected chi connectivity index (χ4v) is 1.32. The highest BCUT2D eigenvalue weighted by molar-refractivity contribution is 9.11. The first-order valence-electron chi connectivity index (χ1n) is 4.83. The summed E-state index contributed by atoms with van der Waals surface area (Å²) in [5.74, 6) is -1.33. The van der Waals surface area contributed by atoms with Gasteiger partial charge in [0, 0.05) is 6.92 Å². The summed E-state index contributed by atoms with van der Waals surface area (Å²) in [5.41, 5.74) is -0.196. The van der Waals surface area contributed by atoms with Crippen LogP contribution in [0.15, 0.2) is 10.2 Å². The second-order valence-electron chi connectivity index (χ2n) is 3.08. The number of methoxy groups -OCH3 is 2. The van der Waals surface area contributed by atoms with Crippen LogP contribution in [0.1, 0.15) is 13.8 Å². The number of nitrogens with one attached hydrogen (secondary N) is 1. The maximum Gasteiger partial charge on any atom is 0.411 e. The minimum atomic E-state index is -0.845. The molecule has 18 heavy (non-hydrogen) atoms. The average molecular weight is 324 g/mol. The summed E-state index contributed by atoms with van der Waals surface area (Å²) < 4.78 is 13.9. The standard InChI is InChI=1S/C10H14BrNO6/c1-5(18-6(2)13)7(11)8(9(14)16-3)12-10(15)17-4/h5H,1-4H3,(H,12,15)/b8-7-/t5-/m0/s1. The van der Waals surface area contributed by atoms with Crippen molar-refractivity contribution in [2.24, 2.45) is 0 Å². The van der Waals surface area contributed by atoms with E-state index < -0.39 is 24.1 Å². The lowest BCUT2D eigenvalue weighted by molar-refractivity contribution is -0.144. The molecule has 0 heterocycles. The van der Waals surface area contributed by atoms with Gasteiger partial charge in [-0.05, 0) is 22.9 Å². The van der Waals surface area contributed by atoms with Gasteiger partial charge in [-0.1, -0.05) is 0 Å². The molecule has 0 radical (unpaired) electrons. The lowest BCUT2D eigenvalue weighted by Gasteiger charge is -2.15. The topological polar surface area (TPSA) is 90.9 Å². The molecule has 1 N–H and O–H groups in total. The van der Waals surface area contributed by atoms with E-state index in [1.807, 2.05) is 0 Å². The first-order valence-corrected chi connectivity index (χ1v) is 5.62. The second kappa shape index (κ2) is 7.70. The predicted molar refractivity (Wildman–Crippen MR) is 64.7 cm³/mol. The maximum absolute atomic E-state index is 11.5. The molecule has 0 bridgehead atoms. The van der Waals surface area contributed by atoms with E-state index >= 15 is 0 Å². The molecule has 0 aliphatic carbocycles. The number of rotatable bonds is 4. The smallest absolute Gasteiger partial charge is 0.411 e. The first-order chi connectivity index (χ1) is 8.33. The summed E-state index contributed by atoms with van der Waals surface area (Å²) in [5, 5.41) is 2.18. The third-order valence-electron chi connectivity index (χ3n) is 1.74. The Balaban J connectivity index is 5.17. The molecule has 0 rings (SSSR count). The summed E-state index contributed by atoms with van der Waals surface area (Å²) in [6, 6.07) is 0. The number of halogens is 1. The molecule has 1 atom stereocenters. The Bertz CT molecular complexity index is 379. The Morgan fingerprint density at radius 1 is 1.17 bits per heavy atom. The number of carbonyl (C=O) groups is 3. The summed E-state index contributed by atoms with van der Waals surface area (Å²) in [7, 11) is 2.30. The fourth-order valence-electron chi connectivity index (χ4n) is 0.967. The van der Waals surface area contributed by atoms with Gasteiger partial charge in [0.15, 0.2) is 0 Å². The Morgan fingerprint density at radius 3 is 2.11 bits per heavy atom. The molecule has 0 unspecified atom stereocenters. The van der Waals surface area contributed by atoms with Gasteiger partial charge in [0.1, 0.15) is 11.8 Å². The van der Waals surface area contributed by atoms with E-state index in [-0.39, 0.29) is 10.2 Å². The van der Waals surface area contributed by atoms with Gasteiger partial charge in [-0.2, -0.15) is 0 Å². The number of alkyl carbamates (subject to hydrolysis) is 1. The van der Waals surface area contributed by atoms with Crippen molar-refractivity contribution in [3.8, 4) is 0 Å². The van der Waals surface area contributed by atoms with Crippen molar-refractivity contribution in [3.05, 3.63) is 10.2 Å². The van der Waals surface area contributed by atoms with E-state index in [1.54, 1.807) is 0 Å². The molecule has 0 saturated heterocycles. The van der Waals surface area contributed by atoms with E-state index in [1.165, 1.54) is 13.8 Å². The van der Waals surface area contributed by atoms with Crippen molar-refractivity contribution >= 4 is 34.0 Å². The molecule has 0 saturated carbocycles. The quantitative estimate of drug-likeness (QED) is 0.473. The van der Waals surface area contributed by atoms with E-state index in [0.29, 0.717) is 0 Å². The van der Waals surface area contributed by atoms with Crippen molar-refractivity contribution < 1.29 is 28.6 Å². The molecule has 0 fully saturated rings. The highest BCUT2D eigenvalue weighted by Gasteiger charge is 2.22. The highest BCUT2D eigenvalue weighted by atomic mass is 79.9. The van der Waals surface area contributed by atoms with E-state index in [4.69, 9.17) is 4.74 Å². The number of ether oxygens (including phenoxy) is 3. The normalized spacial score (nSPS) is 12.9. The summed E-state index contributed by atoms with van der Waals surface area (Å²) in [6.07, 6.45) is -1.60. The van der Waals surface area contributed by atoms with Gasteiger partial charge in [0.05, 0.1) is 18.7 Å². The molecule has 102 valence electrons. The van der Waals surface area contributed by atoms with Gasteiger partial charge in [0.25, 0.3) is 0 Å². The minimum Gasteiger partial charge on any atom is -0.464 e. The second-order valence-corrected chi connectivity index (χ2v) is 3.94. The van der Waals surface area contributed by atoms with Crippen LogP contribution in [0.3, 0.4) is 0 Å². The van der Waals surface area contributed by atoms with Gasteiger partial charge >= 0.3 is 18.0 Å². The zero-order valence-electron chi connectivity index (χ0n) is 10.4. The number of carbonyl (C=O) groups excluding carboxylic acids is 3. The number of amides is 1. The molecule has 7 nitrogen and oxygen atoms in total. The first kappa shape index (κ1) is 16.4. The molecule has 0 aliphatic heterocycles. The molecule has 0 aromatic heterocycles. The third-order valence-corrected chi connectivity index (χ3v) is 2.78. The van der Waals surface area contributed by atoms with Crippen LogP contribution >= 0.6 is 15.9 Å². The lowest BCUT2D eigenvalue weighted by atomic mass is 10.3. The number of esters is 2. The Kier molecular flexibility index (Phi) is 7.03. The Morgan fingerprint density at radius 2 is 1.72 bits per heavy atom. The van der Waals surface area contributed by atoms with Crippen molar-refractivity contribution in [2.75, 3.05) is 14.2 Å². The molecular formula is C10H14BrNO6. The third kappa shape index (κ3) is 5.17. The average Bonchev–Trinajstić information content (AvgIpc) is 2.32. The highest BCUT2D eigenvalue weighted by Crippen LogP contribution is 2.19. The molecule has 0 aliphatic rings. The molecule has 0 aromatic carbocycles. The summed E-state index contributed by atoms with van der Waals surface area (Å²) >= 11 is 3.07. The van der Waals surface area contributed by atoms with Crippen LogP contribution < -0.4 is 5.32 Å². The van der Waals surface area contributed by atoms with E-state index in [0.717, 1.165) is 14.2 Å². The minimum absolute atomic E-state index is 0.162. The van der Waals surface area contributed by atoms with Gasteiger partial charge in [-0.15, -0.1) is 0 Å². The molecule has 8 heteroatoms. The van der Waals surface area contributed by atoms with Crippen molar-refractivity contribution in [1.29, 1.82) is 0 Å². The molecular weight excluding hydrogens is 310 g/mol. The largest absolute Gasteiger partial charge is 0.464 e. The fraction of sp³-hybridized carbons (Fsp3) is 0.500. The van der Waals surface area contributed by atoms with Crippen LogP contribution in [0.2, 0.25) is 0 Å². The number of hydrogen-bond donors (Lipinski definition) is 1. The van der Waals surface area contributed by atoms with Crippen LogP contribution in [-0.4, -0.2) is 38.4 Å². The van der Waals surface area contributed by atoms with Crippen LogP contribution in [0, 0.1) is 0 Å². The van der Waals surface area contributed by atoms with E-state index in [9.17, 15) is 14.4 Å². The van der Waals surface area contributed by atoms with Gasteiger partial charge in [0.2, 0.25) is 0 Å². The van der Waals surface area contributed by atoms with Crippen LogP contribution in [0.25, 0.3) is 0 Å². The number of hydrogen-bond acceptors (Lipinski definition) is 6.